The second-order valence-electron chi connectivity index (χ2n) is 1.81. The fourth-order valence-electron chi connectivity index (χ4n) is 0.553. The molecule has 0 aliphatic carbocycles. The number of hydrogen-bond acceptors (Lipinski definition) is 2. The zero-order valence-electron chi connectivity index (χ0n) is 5.06. The number of hydrogen-bond donors (Lipinski definition) is 2. The van der Waals surface area contributed by atoms with Crippen molar-refractivity contribution in [2.75, 3.05) is 7.05 Å². The van der Waals surface area contributed by atoms with Gasteiger partial charge in [-0.25, -0.2) is 0 Å². The summed E-state index contributed by atoms with van der Waals surface area (Å²) in [7, 11) is 1.78. The first-order chi connectivity index (χ1) is 4.13. The SMILES string of the molecule is C=C1C(=N)NC(=S)N1C. The monoisotopic (exact) mass is 141 g/mol. The van der Waals surface area contributed by atoms with Gasteiger partial charge in [-0.2, -0.15) is 0 Å². The minimum Gasteiger partial charge on any atom is -0.319 e. The smallest absolute Gasteiger partial charge is 0.178 e. The third-order valence-electron chi connectivity index (χ3n) is 1.23. The van der Waals surface area contributed by atoms with Crippen LogP contribution < -0.4 is 5.32 Å². The largest absolute Gasteiger partial charge is 0.319 e. The van der Waals surface area contributed by atoms with Crippen molar-refractivity contribution in [3.8, 4) is 0 Å². The number of rotatable bonds is 0. The fourth-order valence-corrected chi connectivity index (χ4v) is 0.765. The molecule has 48 valence electrons. The summed E-state index contributed by atoms with van der Waals surface area (Å²) < 4.78 is 0. The summed E-state index contributed by atoms with van der Waals surface area (Å²) in [5, 5.41) is 10.4. The average Bonchev–Trinajstić information content (AvgIpc) is 1.98. The van der Waals surface area contributed by atoms with Crippen LogP contribution in [0.15, 0.2) is 12.3 Å². The Morgan fingerprint density at radius 1 is 1.78 bits per heavy atom. The van der Waals surface area contributed by atoms with E-state index in [1.54, 1.807) is 11.9 Å². The van der Waals surface area contributed by atoms with Crippen molar-refractivity contribution >= 4 is 23.2 Å². The highest BCUT2D eigenvalue weighted by Crippen LogP contribution is 2.05. The zero-order chi connectivity index (χ0) is 7.02. The van der Waals surface area contributed by atoms with E-state index in [1.165, 1.54) is 0 Å². The first-order valence-corrected chi connectivity index (χ1v) is 2.86. The lowest BCUT2D eigenvalue weighted by molar-refractivity contribution is 0.686. The number of nitrogens with zero attached hydrogens (tertiary/aromatic N) is 1. The van der Waals surface area contributed by atoms with Crippen LogP contribution in [0.25, 0.3) is 0 Å². The second-order valence-corrected chi connectivity index (χ2v) is 2.20. The molecular formula is C5H7N3S. The van der Waals surface area contributed by atoms with E-state index < -0.39 is 0 Å². The maximum absolute atomic E-state index is 7.18. The molecule has 1 fully saturated rings. The molecule has 0 spiro atoms. The summed E-state index contributed by atoms with van der Waals surface area (Å²) in [6.45, 7) is 3.62. The van der Waals surface area contributed by atoms with Crippen molar-refractivity contribution in [1.29, 1.82) is 5.41 Å². The summed E-state index contributed by atoms with van der Waals surface area (Å²) in [6, 6.07) is 0. The molecule has 1 saturated heterocycles. The lowest BCUT2D eigenvalue weighted by Gasteiger charge is -2.06. The van der Waals surface area contributed by atoms with E-state index in [9.17, 15) is 0 Å². The van der Waals surface area contributed by atoms with E-state index in [0.29, 0.717) is 16.6 Å². The molecule has 1 rings (SSSR count). The van der Waals surface area contributed by atoms with E-state index in [-0.39, 0.29) is 0 Å². The number of amidine groups is 1. The molecule has 3 nitrogen and oxygen atoms in total. The molecule has 0 radical (unpaired) electrons. The average molecular weight is 141 g/mol. The summed E-state index contributed by atoms with van der Waals surface area (Å²) in [4.78, 5) is 1.66. The highest BCUT2D eigenvalue weighted by molar-refractivity contribution is 7.80. The van der Waals surface area contributed by atoms with Gasteiger partial charge in [-0.05, 0) is 12.2 Å². The highest BCUT2D eigenvalue weighted by Gasteiger charge is 2.20. The molecule has 2 N–H and O–H groups in total. The van der Waals surface area contributed by atoms with Gasteiger partial charge in [-0.1, -0.05) is 6.58 Å². The van der Waals surface area contributed by atoms with Gasteiger partial charge >= 0.3 is 0 Å². The third kappa shape index (κ3) is 0.810. The van der Waals surface area contributed by atoms with Crippen molar-refractivity contribution < 1.29 is 0 Å². The molecule has 0 unspecified atom stereocenters. The first-order valence-electron chi connectivity index (χ1n) is 2.45. The van der Waals surface area contributed by atoms with Crippen molar-refractivity contribution in [2.24, 2.45) is 0 Å². The van der Waals surface area contributed by atoms with Gasteiger partial charge < -0.3 is 10.2 Å². The Labute approximate surface area is 58.9 Å². The van der Waals surface area contributed by atoms with Crippen LogP contribution in [-0.2, 0) is 0 Å². The van der Waals surface area contributed by atoms with Gasteiger partial charge in [0.2, 0.25) is 0 Å². The van der Waals surface area contributed by atoms with E-state index in [1.807, 2.05) is 0 Å². The van der Waals surface area contributed by atoms with Gasteiger partial charge in [-0.15, -0.1) is 0 Å². The summed E-state index contributed by atoms with van der Waals surface area (Å²) in [6.07, 6.45) is 0. The summed E-state index contributed by atoms with van der Waals surface area (Å²) in [5.41, 5.74) is 0.625. The molecule has 4 heteroatoms. The molecule has 0 aromatic heterocycles. The summed E-state index contributed by atoms with van der Waals surface area (Å²) >= 11 is 4.81. The van der Waals surface area contributed by atoms with Crippen LogP contribution in [0, 0.1) is 5.41 Å². The molecule has 0 saturated carbocycles. The van der Waals surface area contributed by atoms with Gasteiger partial charge in [0, 0.05) is 7.05 Å². The van der Waals surface area contributed by atoms with Crippen molar-refractivity contribution in [2.45, 2.75) is 0 Å². The van der Waals surface area contributed by atoms with E-state index in [0.717, 1.165) is 0 Å². The third-order valence-corrected chi connectivity index (χ3v) is 1.61. The Morgan fingerprint density at radius 2 is 2.33 bits per heavy atom. The second kappa shape index (κ2) is 1.80. The number of thiocarbonyl (C=S) groups is 1. The van der Waals surface area contributed by atoms with Crippen LogP contribution in [0.4, 0.5) is 0 Å². The molecule has 0 atom stereocenters. The normalized spacial score (nSPS) is 18.8. The zero-order valence-corrected chi connectivity index (χ0v) is 5.88. The van der Waals surface area contributed by atoms with Crippen molar-refractivity contribution in [1.82, 2.24) is 10.2 Å². The van der Waals surface area contributed by atoms with Crippen molar-refractivity contribution in [3.05, 3.63) is 12.3 Å². The van der Waals surface area contributed by atoms with E-state index >= 15 is 0 Å². The highest BCUT2D eigenvalue weighted by atomic mass is 32.1. The molecular weight excluding hydrogens is 134 g/mol. The van der Waals surface area contributed by atoms with Crippen LogP contribution in [0.1, 0.15) is 0 Å². The predicted octanol–water partition coefficient (Wildman–Crippen LogP) is 0.297. The van der Waals surface area contributed by atoms with E-state index in [2.05, 4.69) is 11.9 Å². The Bertz CT molecular complexity index is 196. The molecule has 9 heavy (non-hydrogen) atoms. The summed E-state index contributed by atoms with van der Waals surface area (Å²) in [5.74, 6) is 0.294. The van der Waals surface area contributed by atoms with Gasteiger partial charge in [0.25, 0.3) is 0 Å². The molecule has 0 bridgehead atoms. The first kappa shape index (κ1) is 6.22. The topological polar surface area (TPSA) is 39.1 Å². The maximum Gasteiger partial charge on any atom is 0.178 e. The van der Waals surface area contributed by atoms with Gasteiger partial charge in [0.1, 0.15) is 5.84 Å². The van der Waals surface area contributed by atoms with Gasteiger partial charge in [0.15, 0.2) is 5.11 Å². The Morgan fingerprint density at radius 3 is 2.44 bits per heavy atom. The van der Waals surface area contributed by atoms with Crippen LogP contribution >= 0.6 is 12.2 Å². The standard InChI is InChI=1S/C5H7N3S/c1-3-4(6)7-5(9)8(3)2/h1H2,2H3,(H2,6,7,9). The Hall–Kier alpha value is -0.900. The minimum absolute atomic E-state index is 0.294. The molecule has 1 aliphatic heterocycles. The van der Waals surface area contributed by atoms with Gasteiger partial charge in [0.05, 0.1) is 5.70 Å². The van der Waals surface area contributed by atoms with E-state index in [4.69, 9.17) is 17.6 Å². The van der Waals surface area contributed by atoms with Crippen LogP contribution in [-0.4, -0.2) is 22.9 Å². The Kier molecular flexibility index (Phi) is 1.25. The van der Waals surface area contributed by atoms with Crippen LogP contribution in [0.2, 0.25) is 0 Å². The van der Waals surface area contributed by atoms with Crippen LogP contribution in [0.3, 0.4) is 0 Å². The number of likely N-dealkylation sites (N-methyl/N-ethyl adjacent to an activating group) is 1. The molecule has 0 aromatic carbocycles. The molecule has 1 aliphatic rings. The Balaban J connectivity index is 2.90. The lowest BCUT2D eigenvalue weighted by atomic mass is 10.5. The quantitative estimate of drug-likeness (QED) is 0.476. The molecule has 1 heterocycles. The van der Waals surface area contributed by atoms with Crippen molar-refractivity contribution in [3.63, 3.8) is 0 Å². The minimum atomic E-state index is 0.294. The molecule has 0 aromatic rings. The maximum atomic E-state index is 7.18. The lowest BCUT2D eigenvalue weighted by Crippen LogP contribution is -2.23. The van der Waals surface area contributed by atoms with Crippen LogP contribution in [0.5, 0.6) is 0 Å². The predicted molar refractivity (Wildman–Crippen MR) is 40.4 cm³/mol. The van der Waals surface area contributed by atoms with Gasteiger partial charge in [-0.3, -0.25) is 5.41 Å². The number of nitrogens with one attached hydrogen (secondary N) is 2. The molecule has 0 amide bonds. The fraction of sp³-hybridized carbons (Fsp3) is 0.200.